The minimum absolute atomic E-state index is 0.0411. The van der Waals surface area contributed by atoms with Crippen molar-refractivity contribution in [3.8, 4) is 0 Å². The number of rotatable bonds is 1. The number of hydrogen-bond donors (Lipinski definition) is 0. The standard InChI is InChI=1S/C19H20O3/c1-9-7-10(2)13(11(3)8-9)15-17(20)14-12-5-6-19(4,22-12)16(14)18(15)21/h5-8,12,14-16H,1-4H3. The zero-order valence-electron chi connectivity index (χ0n) is 13.3. The summed E-state index contributed by atoms with van der Waals surface area (Å²) >= 11 is 0. The van der Waals surface area contributed by atoms with Gasteiger partial charge in [-0.25, -0.2) is 0 Å². The number of carbonyl (C=O) groups is 2. The Morgan fingerprint density at radius 3 is 2.27 bits per heavy atom. The Bertz CT molecular complexity index is 722. The van der Waals surface area contributed by atoms with E-state index in [1.807, 2.05) is 39.8 Å². The molecule has 3 nitrogen and oxygen atoms in total. The number of benzene rings is 1. The molecule has 1 saturated carbocycles. The zero-order valence-corrected chi connectivity index (χ0v) is 13.3. The molecule has 2 heterocycles. The molecule has 1 saturated heterocycles. The Kier molecular flexibility index (Phi) is 2.63. The molecule has 1 aliphatic carbocycles. The van der Waals surface area contributed by atoms with Gasteiger partial charge in [-0.3, -0.25) is 9.59 Å². The molecule has 3 aliphatic rings. The van der Waals surface area contributed by atoms with Gasteiger partial charge in [0.25, 0.3) is 0 Å². The summed E-state index contributed by atoms with van der Waals surface area (Å²) in [6.07, 6.45) is 3.69. The van der Waals surface area contributed by atoms with Crippen LogP contribution < -0.4 is 0 Å². The van der Waals surface area contributed by atoms with Gasteiger partial charge in [-0.15, -0.1) is 0 Å². The van der Waals surface area contributed by atoms with E-state index in [0.717, 1.165) is 22.3 Å². The fraction of sp³-hybridized carbons (Fsp3) is 0.474. The topological polar surface area (TPSA) is 43.4 Å². The van der Waals surface area contributed by atoms with Crippen molar-refractivity contribution in [3.05, 3.63) is 46.5 Å². The molecule has 3 heteroatoms. The van der Waals surface area contributed by atoms with E-state index in [0.29, 0.717) is 0 Å². The summed E-state index contributed by atoms with van der Waals surface area (Å²) in [5, 5.41) is 0. The van der Waals surface area contributed by atoms with Crippen LogP contribution in [0.4, 0.5) is 0 Å². The second-order valence-corrected chi connectivity index (χ2v) is 7.18. The minimum atomic E-state index is -0.610. The van der Waals surface area contributed by atoms with Crippen molar-refractivity contribution in [1.82, 2.24) is 0 Å². The maximum Gasteiger partial charge on any atom is 0.154 e. The summed E-state index contributed by atoms with van der Waals surface area (Å²) in [6, 6.07) is 4.12. The number of Topliss-reactive ketones (excluding diaryl/α,β-unsaturated/α-hetero) is 2. The highest BCUT2D eigenvalue weighted by Gasteiger charge is 2.66. The van der Waals surface area contributed by atoms with Gasteiger partial charge in [-0.05, 0) is 44.4 Å². The monoisotopic (exact) mass is 296 g/mol. The first-order chi connectivity index (χ1) is 10.3. The first-order valence-corrected chi connectivity index (χ1v) is 7.86. The summed E-state index contributed by atoms with van der Waals surface area (Å²) in [6.45, 7) is 7.95. The van der Waals surface area contributed by atoms with Crippen LogP contribution in [-0.2, 0) is 14.3 Å². The predicted molar refractivity (Wildman–Crippen MR) is 82.8 cm³/mol. The molecule has 0 spiro atoms. The molecule has 0 N–H and O–H groups in total. The molecule has 0 amide bonds. The van der Waals surface area contributed by atoms with E-state index in [4.69, 9.17) is 4.74 Å². The van der Waals surface area contributed by atoms with Crippen LogP contribution in [0.2, 0.25) is 0 Å². The normalized spacial score (nSPS) is 38.9. The summed E-state index contributed by atoms with van der Waals surface area (Å²) in [5.74, 6) is -1.14. The van der Waals surface area contributed by atoms with E-state index >= 15 is 0 Å². The molecular weight excluding hydrogens is 276 g/mol. The van der Waals surface area contributed by atoms with E-state index in [9.17, 15) is 9.59 Å². The van der Waals surface area contributed by atoms with Gasteiger partial charge in [0, 0.05) is 0 Å². The van der Waals surface area contributed by atoms with Crippen molar-refractivity contribution >= 4 is 11.6 Å². The van der Waals surface area contributed by atoms with Crippen molar-refractivity contribution < 1.29 is 14.3 Å². The Labute approximate surface area is 130 Å². The SMILES string of the molecule is Cc1cc(C)c(C2C(=O)C3C4C=CC(C)(O4)C3C2=O)c(C)c1. The van der Waals surface area contributed by atoms with Crippen LogP contribution in [0.3, 0.4) is 0 Å². The third-order valence-corrected chi connectivity index (χ3v) is 5.57. The molecule has 0 radical (unpaired) electrons. The molecule has 1 aromatic carbocycles. The summed E-state index contributed by atoms with van der Waals surface area (Å²) in [7, 11) is 0. The Balaban J connectivity index is 1.84. The van der Waals surface area contributed by atoms with Crippen LogP contribution in [-0.4, -0.2) is 23.3 Å². The Morgan fingerprint density at radius 1 is 1.05 bits per heavy atom. The second-order valence-electron chi connectivity index (χ2n) is 7.18. The van der Waals surface area contributed by atoms with Crippen molar-refractivity contribution in [3.63, 3.8) is 0 Å². The molecule has 2 aliphatic heterocycles. The second kappa shape index (κ2) is 4.17. The first kappa shape index (κ1) is 13.9. The summed E-state index contributed by atoms with van der Waals surface area (Å²) in [4.78, 5) is 26.0. The zero-order chi connectivity index (χ0) is 15.8. The Hall–Kier alpha value is -1.74. The minimum Gasteiger partial charge on any atom is -0.362 e. The molecule has 0 aromatic heterocycles. The van der Waals surface area contributed by atoms with Crippen LogP contribution in [0, 0.1) is 32.6 Å². The van der Waals surface area contributed by atoms with Gasteiger partial charge in [0.1, 0.15) is 5.92 Å². The number of hydrogen-bond acceptors (Lipinski definition) is 3. The molecule has 22 heavy (non-hydrogen) atoms. The molecule has 4 rings (SSSR count). The van der Waals surface area contributed by atoms with Crippen molar-refractivity contribution in [2.75, 3.05) is 0 Å². The molecule has 2 fully saturated rings. The lowest BCUT2D eigenvalue weighted by atomic mass is 9.78. The third kappa shape index (κ3) is 1.55. The van der Waals surface area contributed by atoms with Gasteiger partial charge in [0.2, 0.25) is 0 Å². The lowest BCUT2D eigenvalue weighted by molar-refractivity contribution is -0.128. The lowest BCUT2D eigenvalue weighted by Gasteiger charge is -2.24. The molecule has 1 aromatic rings. The first-order valence-electron chi connectivity index (χ1n) is 7.86. The largest absolute Gasteiger partial charge is 0.362 e. The number of carbonyl (C=O) groups excluding carboxylic acids is 2. The Morgan fingerprint density at radius 2 is 1.68 bits per heavy atom. The van der Waals surface area contributed by atoms with Gasteiger partial charge in [0.15, 0.2) is 11.6 Å². The van der Waals surface area contributed by atoms with Crippen LogP contribution in [0.15, 0.2) is 24.3 Å². The summed E-state index contributed by atoms with van der Waals surface area (Å²) < 4.78 is 5.88. The van der Waals surface area contributed by atoms with Crippen molar-refractivity contribution in [1.29, 1.82) is 0 Å². The van der Waals surface area contributed by atoms with Crippen molar-refractivity contribution in [2.24, 2.45) is 11.8 Å². The molecular formula is C19H20O3. The quantitative estimate of drug-likeness (QED) is 0.591. The maximum absolute atomic E-state index is 13.0. The molecule has 114 valence electrons. The van der Waals surface area contributed by atoms with E-state index in [2.05, 4.69) is 12.1 Å². The molecule has 5 atom stereocenters. The van der Waals surface area contributed by atoms with Crippen LogP contribution in [0.5, 0.6) is 0 Å². The van der Waals surface area contributed by atoms with E-state index in [-0.39, 0.29) is 29.5 Å². The average molecular weight is 296 g/mol. The van der Waals surface area contributed by atoms with Gasteiger partial charge >= 0.3 is 0 Å². The third-order valence-electron chi connectivity index (χ3n) is 5.57. The lowest BCUT2D eigenvalue weighted by Crippen LogP contribution is -2.35. The van der Waals surface area contributed by atoms with E-state index in [1.165, 1.54) is 0 Å². The number of ketones is 2. The fourth-order valence-corrected chi connectivity index (χ4v) is 4.80. The average Bonchev–Trinajstić information content (AvgIpc) is 3.01. The van der Waals surface area contributed by atoms with E-state index < -0.39 is 11.5 Å². The highest BCUT2D eigenvalue weighted by molar-refractivity contribution is 6.17. The van der Waals surface area contributed by atoms with Gasteiger partial charge < -0.3 is 4.74 Å². The molecule has 5 unspecified atom stereocenters. The number of aryl methyl sites for hydroxylation is 3. The van der Waals surface area contributed by atoms with Crippen LogP contribution in [0.1, 0.15) is 35.1 Å². The fourth-order valence-electron chi connectivity index (χ4n) is 4.80. The predicted octanol–water partition coefficient (Wildman–Crippen LogP) is 2.81. The maximum atomic E-state index is 13.0. The van der Waals surface area contributed by atoms with Crippen LogP contribution in [0.25, 0.3) is 0 Å². The van der Waals surface area contributed by atoms with Gasteiger partial charge in [-0.2, -0.15) is 0 Å². The smallest absolute Gasteiger partial charge is 0.154 e. The van der Waals surface area contributed by atoms with E-state index in [1.54, 1.807) is 0 Å². The highest BCUT2D eigenvalue weighted by Crippen LogP contribution is 2.55. The highest BCUT2D eigenvalue weighted by atomic mass is 16.5. The number of fused-ring (bicyclic) bond motifs is 5. The van der Waals surface area contributed by atoms with Gasteiger partial charge in [0.05, 0.1) is 23.5 Å². The van der Waals surface area contributed by atoms with Crippen molar-refractivity contribution in [2.45, 2.75) is 45.3 Å². The van der Waals surface area contributed by atoms with Crippen LogP contribution >= 0.6 is 0 Å². The van der Waals surface area contributed by atoms with Gasteiger partial charge in [-0.1, -0.05) is 29.8 Å². The summed E-state index contributed by atoms with van der Waals surface area (Å²) in [5.41, 5.74) is 3.56. The molecule has 2 bridgehead atoms. The number of ether oxygens (including phenoxy) is 1.